The largest absolute Gasteiger partial charge is 0.397 e. The van der Waals surface area contributed by atoms with Crippen LogP contribution in [0.3, 0.4) is 0 Å². The lowest BCUT2D eigenvalue weighted by atomic mass is 10.1. The first kappa shape index (κ1) is 19.1. The number of nitrogens with two attached hydrogens (primary N) is 2. The Morgan fingerprint density at radius 3 is 2.61 bits per heavy atom. The maximum atomic E-state index is 12.0. The highest BCUT2D eigenvalue weighted by Gasteiger charge is 2.01. The third-order valence-corrected chi connectivity index (χ3v) is 4.13. The lowest BCUT2D eigenvalue weighted by Gasteiger charge is -2.07. The molecule has 0 aliphatic carbocycles. The molecule has 1 amide bonds. The minimum absolute atomic E-state index is 0.250. The molecule has 0 atom stereocenters. The van der Waals surface area contributed by atoms with Crippen LogP contribution in [-0.4, -0.2) is 10.9 Å². The standard InChI is InChI=1S/C22H23N5O/c23-13-17-4-3-5-18(12-17)15-26-21-10-8-16(14-25-21)9-11-22(28)27-20-7-2-1-6-19(20)24/h1-12,14H,13,15,23-24H2,(H,25,26)(H,27,28). The molecular weight excluding hydrogens is 350 g/mol. The summed E-state index contributed by atoms with van der Waals surface area (Å²) in [6.45, 7) is 1.19. The van der Waals surface area contributed by atoms with E-state index in [1.54, 1.807) is 24.4 Å². The summed E-state index contributed by atoms with van der Waals surface area (Å²) >= 11 is 0. The third-order valence-electron chi connectivity index (χ3n) is 4.13. The molecule has 1 heterocycles. The maximum Gasteiger partial charge on any atom is 0.248 e. The van der Waals surface area contributed by atoms with E-state index < -0.39 is 0 Å². The van der Waals surface area contributed by atoms with E-state index in [0.717, 1.165) is 22.5 Å². The number of amides is 1. The maximum absolute atomic E-state index is 12.0. The molecule has 0 aliphatic heterocycles. The molecule has 6 heteroatoms. The fourth-order valence-electron chi connectivity index (χ4n) is 2.62. The van der Waals surface area contributed by atoms with E-state index in [-0.39, 0.29) is 5.91 Å². The molecule has 0 spiro atoms. The summed E-state index contributed by atoms with van der Waals surface area (Å²) in [7, 11) is 0. The van der Waals surface area contributed by atoms with Gasteiger partial charge in [0.2, 0.25) is 5.91 Å². The van der Waals surface area contributed by atoms with Crippen molar-refractivity contribution in [2.75, 3.05) is 16.4 Å². The van der Waals surface area contributed by atoms with Crippen molar-refractivity contribution in [1.82, 2.24) is 4.98 Å². The molecule has 1 aromatic heterocycles. The van der Waals surface area contributed by atoms with Crippen LogP contribution >= 0.6 is 0 Å². The van der Waals surface area contributed by atoms with Crippen LogP contribution in [-0.2, 0) is 17.9 Å². The number of anilines is 3. The van der Waals surface area contributed by atoms with E-state index in [2.05, 4.69) is 21.7 Å². The van der Waals surface area contributed by atoms with Gasteiger partial charge in [0.15, 0.2) is 0 Å². The number of carbonyl (C=O) groups excluding carboxylic acids is 1. The number of nitrogens with one attached hydrogen (secondary N) is 2. The highest BCUT2D eigenvalue weighted by atomic mass is 16.1. The van der Waals surface area contributed by atoms with Crippen molar-refractivity contribution in [3.8, 4) is 0 Å². The molecule has 0 radical (unpaired) electrons. The van der Waals surface area contributed by atoms with Gasteiger partial charge in [-0.05, 0) is 47.0 Å². The molecule has 0 saturated carbocycles. The lowest BCUT2D eigenvalue weighted by molar-refractivity contribution is -0.111. The van der Waals surface area contributed by atoms with Gasteiger partial charge in [-0.3, -0.25) is 4.79 Å². The van der Waals surface area contributed by atoms with Gasteiger partial charge in [0, 0.05) is 25.4 Å². The molecule has 3 aromatic rings. The Labute approximate surface area is 164 Å². The molecule has 0 unspecified atom stereocenters. The highest BCUT2D eigenvalue weighted by molar-refractivity contribution is 6.03. The van der Waals surface area contributed by atoms with Crippen LogP contribution in [0.25, 0.3) is 6.08 Å². The molecule has 6 N–H and O–H groups in total. The molecule has 6 nitrogen and oxygen atoms in total. The van der Waals surface area contributed by atoms with Gasteiger partial charge in [-0.25, -0.2) is 4.98 Å². The second-order valence-corrected chi connectivity index (χ2v) is 6.26. The smallest absolute Gasteiger partial charge is 0.248 e. The number of carbonyl (C=O) groups is 1. The van der Waals surface area contributed by atoms with E-state index in [1.807, 2.05) is 42.5 Å². The monoisotopic (exact) mass is 373 g/mol. The minimum atomic E-state index is -0.250. The number of hydrogen-bond acceptors (Lipinski definition) is 5. The topological polar surface area (TPSA) is 106 Å². The SMILES string of the molecule is NCc1cccc(CNc2ccc(C=CC(=O)Nc3ccccc3N)cn2)c1. The average Bonchev–Trinajstić information content (AvgIpc) is 2.73. The van der Waals surface area contributed by atoms with E-state index in [0.29, 0.717) is 24.5 Å². The summed E-state index contributed by atoms with van der Waals surface area (Å²) in [5, 5.41) is 6.02. The Bertz CT molecular complexity index is 967. The van der Waals surface area contributed by atoms with E-state index in [9.17, 15) is 4.79 Å². The number of para-hydroxylation sites is 2. The third kappa shape index (κ3) is 5.43. The van der Waals surface area contributed by atoms with Crippen LogP contribution in [0.4, 0.5) is 17.2 Å². The highest BCUT2D eigenvalue weighted by Crippen LogP contribution is 2.16. The van der Waals surface area contributed by atoms with Gasteiger partial charge in [-0.15, -0.1) is 0 Å². The molecule has 28 heavy (non-hydrogen) atoms. The Balaban J connectivity index is 1.54. The van der Waals surface area contributed by atoms with Gasteiger partial charge >= 0.3 is 0 Å². The first-order chi connectivity index (χ1) is 13.6. The fourth-order valence-corrected chi connectivity index (χ4v) is 2.62. The van der Waals surface area contributed by atoms with Crippen LogP contribution in [0.5, 0.6) is 0 Å². The van der Waals surface area contributed by atoms with Crippen molar-refractivity contribution in [1.29, 1.82) is 0 Å². The number of pyridine rings is 1. The summed E-state index contributed by atoms with van der Waals surface area (Å²) < 4.78 is 0. The van der Waals surface area contributed by atoms with Crippen molar-refractivity contribution in [2.45, 2.75) is 13.1 Å². The normalized spacial score (nSPS) is 10.8. The predicted octanol–water partition coefficient (Wildman–Crippen LogP) is 3.39. The van der Waals surface area contributed by atoms with Crippen molar-refractivity contribution in [3.63, 3.8) is 0 Å². The molecule has 142 valence electrons. The summed E-state index contributed by atoms with van der Waals surface area (Å²) in [5.74, 6) is 0.511. The zero-order chi connectivity index (χ0) is 19.8. The second kappa shape index (κ2) is 9.34. The summed E-state index contributed by atoms with van der Waals surface area (Å²) in [4.78, 5) is 16.4. The average molecular weight is 373 g/mol. The van der Waals surface area contributed by atoms with Crippen LogP contribution in [0.1, 0.15) is 16.7 Å². The number of aromatic nitrogens is 1. The second-order valence-electron chi connectivity index (χ2n) is 6.26. The molecule has 0 saturated heterocycles. The zero-order valence-corrected chi connectivity index (χ0v) is 15.4. The molecule has 3 rings (SSSR count). The van der Waals surface area contributed by atoms with Crippen molar-refractivity contribution >= 4 is 29.2 Å². The Morgan fingerprint density at radius 1 is 1.04 bits per heavy atom. The number of nitrogen functional groups attached to an aromatic ring is 1. The van der Waals surface area contributed by atoms with Crippen molar-refractivity contribution < 1.29 is 4.79 Å². The number of hydrogen-bond donors (Lipinski definition) is 4. The first-order valence-electron chi connectivity index (χ1n) is 8.95. The van der Waals surface area contributed by atoms with Gasteiger partial charge in [-0.2, -0.15) is 0 Å². The van der Waals surface area contributed by atoms with Crippen molar-refractivity contribution in [2.24, 2.45) is 5.73 Å². The molecular formula is C22H23N5O. The van der Waals surface area contributed by atoms with Crippen LogP contribution in [0, 0.1) is 0 Å². The lowest BCUT2D eigenvalue weighted by Crippen LogP contribution is -2.09. The van der Waals surface area contributed by atoms with E-state index in [1.165, 1.54) is 6.08 Å². The summed E-state index contributed by atoms with van der Waals surface area (Å²) in [6, 6.07) is 19.0. The fraction of sp³-hybridized carbons (Fsp3) is 0.0909. The minimum Gasteiger partial charge on any atom is -0.397 e. The number of benzene rings is 2. The molecule has 0 aliphatic rings. The summed E-state index contributed by atoms with van der Waals surface area (Å²) in [6.07, 6.45) is 4.87. The van der Waals surface area contributed by atoms with Gasteiger partial charge in [0.25, 0.3) is 0 Å². The first-order valence-corrected chi connectivity index (χ1v) is 8.95. The number of rotatable bonds is 7. The molecule has 2 aromatic carbocycles. The predicted molar refractivity (Wildman–Crippen MR) is 114 cm³/mol. The van der Waals surface area contributed by atoms with Crippen LogP contribution < -0.4 is 22.1 Å². The number of nitrogens with zero attached hydrogens (tertiary/aromatic N) is 1. The zero-order valence-electron chi connectivity index (χ0n) is 15.4. The van der Waals surface area contributed by atoms with Gasteiger partial charge < -0.3 is 22.1 Å². The van der Waals surface area contributed by atoms with E-state index in [4.69, 9.17) is 11.5 Å². The van der Waals surface area contributed by atoms with Crippen LogP contribution in [0.15, 0.2) is 72.9 Å². The Kier molecular flexibility index (Phi) is 6.38. The Morgan fingerprint density at radius 2 is 1.86 bits per heavy atom. The van der Waals surface area contributed by atoms with E-state index >= 15 is 0 Å². The van der Waals surface area contributed by atoms with Crippen LogP contribution in [0.2, 0.25) is 0 Å². The Hall–Kier alpha value is -3.64. The van der Waals surface area contributed by atoms with Gasteiger partial charge in [0.05, 0.1) is 11.4 Å². The molecule has 0 fully saturated rings. The quantitative estimate of drug-likeness (QED) is 0.375. The molecule has 0 bridgehead atoms. The summed E-state index contributed by atoms with van der Waals surface area (Å²) in [5.41, 5.74) is 15.7. The van der Waals surface area contributed by atoms with Gasteiger partial charge in [-0.1, -0.05) is 36.4 Å². The van der Waals surface area contributed by atoms with Gasteiger partial charge in [0.1, 0.15) is 5.82 Å². The van der Waals surface area contributed by atoms with Crippen molar-refractivity contribution in [3.05, 3.63) is 89.6 Å².